The molecule has 9 nitrogen and oxygen atoms in total. The molecule has 0 spiro atoms. The number of aromatic nitrogens is 1. The zero-order valence-electron chi connectivity index (χ0n) is 16.4. The minimum atomic E-state index is -1.25. The lowest BCUT2D eigenvalue weighted by molar-refractivity contribution is -0.161. The molecule has 0 unspecified atom stereocenters. The number of carboxylic acid groups (broad SMARTS) is 1. The molecule has 3 N–H and O–H groups in total. The lowest BCUT2D eigenvalue weighted by Crippen LogP contribution is -2.61. The van der Waals surface area contributed by atoms with E-state index in [4.69, 9.17) is 0 Å². The summed E-state index contributed by atoms with van der Waals surface area (Å²) >= 11 is 0. The second kappa shape index (κ2) is 7.66. The molecule has 0 saturated carbocycles. The van der Waals surface area contributed by atoms with Gasteiger partial charge in [-0.2, -0.15) is 5.26 Å². The number of benzene rings is 1. The second-order valence-corrected chi connectivity index (χ2v) is 7.45. The average molecular weight is 418 g/mol. The summed E-state index contributed by atoms with van der Waals surface area (Å²) < 4.78 is 0. The molecule has 0 aliphatic carbocycles. The molecule has 3 atom stereocenters. The Hall–Kier alpha value is -4.03. The maximum absolute atomic E-state index is 12.4. The third kappa shape index (κ3) is 3.33. The van der Waals surface area contributed by atoms with E-state index in [2.05, 4.69) is 10.3 Å². The Bertz CT molecular complexity index is 1170. The molecule has 1 fully saturated rings. The van der Waals surface area contributed by atoms with Crippen molar-refractivity contribution in [2.24, 2.45) is 5.92 Å². The van der Waals surface area contributed by atoms with Crippen LogP contribution in [0, 0.1) is 17.2 Å². The molecular weight excluding hydrogens is 400 g/mol. The maximum Gasteiger partial charge on any atom is 0.352 e. The van der Waals surface area contributed by atoms with Crippen molar-refractivity contribution in [3.63, 3.8) is 0 Å². The molecule has 156 valence electrons. The fourth-order valence-electron chi connectivity index (χ4n) is 4.15. The molecular formula is C22H18N4O5. The SMILES string of the molecule is C[C@@H](O)[C@H]1C(=O)N2C(C(=O)O)=C(c3ccc(NC(=O)c4cccnc4)c(C#N)c3)C[C@H]12. The number of fused-ring (bicyclic) bond motifs is 1. The Labute approximate surface area is 177 Å². The van der Waals surface area contributed by atoms with Gasteiger partial charge in [-0.15, -0.1) is 0 Å². The van der Waals surface area contributed by atoms with E-state index in [0.29, 0.717) is 16.7 Å². The van der Waals surface area contributed by atoms with E-state index < -0.39 is 35.8 Å². The first-order chi connectivity index (χ1) is 14.8. The minimum Gasteiger partial charge on any atom is -0.477 e. The predicted octanol–water partition coefficient (Wildman–Crippen LogP) is 1.61. The Kier molecular flexibility index (Phi) is 5.01. The summed E-state index contributed by atoms with van der Waals surface area (Å²) in [6.07, 6.45) is 2.31. The summed E-state index contributed by atoms with van der Waals surface area (Å²) in [5.74, 6) is -2.76. The van der Waals surface area contributed by atoms with Gasteiger partial charge >= 0.3 is 5.97 Å². The zero-order chi connectivity index (χ0) is 22.3. The number of amides is 2. The van der Waals surface area contributed by atoms with Gasteiger partial charge in [-0.05, 0) is 48.7 Å². The summed E-state index contributed by atoms with van der Waals surface area (Å²) in [7, 11) is 0. The van der Waals surface area contributed by atoms with Gasteiger partial charge in [0.1, 0.15) is 11.8 Å². The highest BCUT2D eigenvalue weighted by Gasteiger charge is 2.56. The summed E-state index contributed by atoms with van der Waals surface area (Å²) in [6.45, 7) is 1.51. The highest BCUT2D eigenvalue weighted by molar-refractivity contribution is 6.07. The van der Waals surface area contributed by atoms with E-state index in [9.17, 15) is 29.9 Å². The number of β-lactam (4-membered cyclic amide) rings is 1. The standard InChI is InChI=1S/C22H18N4O5/c1-11(27)18-17-8-15(19(22(30)31)26(17)21(18)29)12-4-5-16(14(7-12)9-23)25-20(28)13-3-2-6-24-10-13/h2-7,10-11,17-18,27H,8H2,1H3,(H,25,28)(H,30,31)/t11-,17-,18-/m1/s1. The van der Waals surface area contributed by atoms with Gasteiger partial charge in [0.05, 0.1) is 34.9 Å². The molecule has 1 aromatic carbocycles. The second-order valence-electron chi connectivity index (χ2n) is 7.45. The number of nitriles is 1. The summed E-state index contributed by atoms with van der Waals surface area (Å²) in [5, 5.41) is 31.8. The van der Waals surface area contributed by atoms with E-state index in [-0.39, 0.29) is 23.4 Å². The van der Waals surface area contributed by atoms with Gasteiger partial charge in [-0.1, -0.05) is 6.07 Å². The number of hydrogen-bond acceptors (Lipinski definition) is 6. The van der Waals surface area contributed by atoms with Gasteiger partial charge in [0.25, 0.3) is 5.91 Å². The minimum absolute atomic E-state index is 0.136. The van der Waals surface area contributed by atoms with E-state index >= 15 is 0 Å². The van der Waals surface area contributed by atoms with Crippen molar-refractivity contribution >= 4 is 29.0 Å². The third-order valence-corrected chi connectivity index (χ3v) is 5.59. The van der Waals surface area contributed by atoms with Crippen molar-refractivity contribution in [3.8, 4) is 6.07 Å². The summed E-state index contributed by atoms with van der Waals surface area (Å²) in [6, 6.07) is 9.41. The molecule has 0 bridgehead atoms. The highest BCUT2D eigenvalue weighted by atomic mass is 16.4. The number of rotatable bonds is 5. The topological polar surface area (TPSA) is 144 Å². The van der Waals surface area contributed by atoms with Gasteiger partial charge in [-0.25, -0.2) is 4.79 Å². The molecule has 3 heterocycles. The number of anilines is 1. The number of aliphatic hydroxyl groups excluding tert-OH is 1. The van der Waals surface area contributed by atoms with Crippen LogP contribution in [0.4, 0.5) is 5.69 Å². The molecule has 9 heteroatoms. The Morgan fingerprint density at radius 1 is 1.35 bits per heavy atom. The molecule has 2 aromatic rings. The maximum atomic E-state index is 12.4. The van der Waals surface area contributed by atoms with Gasteiger partial charge in [0, 0.05) is 12.4 Å². The van der Waals surface area contributed by atoms with Gasteiger partial charge in [-0.3, -0.25) is 14.6 Å². The van der Waals surface area contributed by atoms with E-state index in [1.54, 1.807) is 18.2 Å². The smallest absolute Gasteiger partial charge is 0.352 e. The summed E-state index contributed by atoms with van der Waals surface area (Å²) in [5.41, 5.74) is 1.50. The first-order valence-electron chi connectivity index (χ1n) is 9.57. The zero-order valence-corrected chi connectivity index (χ0v) is 16.4. The largest absolute Gasteiger partial charge is 0.477 e. The van der Waals surface area contributed by atoms with Crippen LogP contribution in [0.1, 0.15) is 34.8 Å². The van der Waals surface area contributed by atoms with Crippen molar-refractivity contribution in [2.45, 2.75) is 25.5 Å². The van der Waals surface area contributed by atoms with Crippen molar-refractivity contribution in [3.05, 3.63) is 65.1 Å². The Morgan fingerprint density at radius 3 is 2.74 bits per heavy atom. The monoisotopic (exact) mass is 418 g/mol. The van der Waals surface area contributed by atoms with Crippen LogP contribution in [0.25, 0.3) is 5.57 Å². The Morgan fingerprint density at radius 2 is 2.13 bits per heavy atom. The van der Waals surface area contributed by atoms with Crippen LogP contribution in [0.5, 0.6) is 0 Å². The first kappa shape index (κ1) is 20.3. The third-order valence-electron chi connectivity index (χ3n) is 5.59. The number of carbonyl (C=O) groups is 3. The van der Waals surface area contributed by atoms with Gasteiger partial charge < -0.3 is 20.4 Å². The van der Waals surface area contributed by atoms with Gasteiger partial charge in [0.15, 0.2) is 0 Å². The van der Waals surface area contributed by atoms with Crippen LogP contribution < -0.4 is 5.32 Å². The van der Waals surface area contributed by atoms with Crippen LogP contribution in [-0.2, 0) is 9.59 Å². The van der Waals surface area contributed by atoms with Crippen molar-refractivity contribution in [1.29, 1.82) is 5.26 Å². The lowest BCUT2D eigenvalue weighted by atomic mass is 9.82. The highest BCUT2D eigenvalue weighted by Crippen LogP contribution is 2.47. The first-order valence-corrected chi connectivity index (χ1v) is 9.57. The van der Waals surface area contributed by atoms with Crippen LogP contribution in [-0.4, -0.2) is 50.0 Å². The quantitative estimate of drug-likeness (QED) is 0.626. The number of nitrogens with one attached hydrogen (secondary N) is 1. The predicted molar refractivity (Wildman–Crippen MR) is 108 cm³/mol. The van der Waals surface area contributed by atoms with Crippen LogP contribution in [0.15, 0.2) is 48.4 Å². The van der Waals surface area contributed by atoms with Crippen LogP contribution in [0.2, 0.25) is 0 Å². The lowest BCUT2D eigenvalue weighted by Gasteiger charge is -2.44. The number of carbonyl (C=O) groups excluding carboxylic acids is 2. The molecule has 2 amide bonds. The van der Waals surface area contributed by atoms with E-state index in [0.717, 1.165) is 0 Å². The number of pyridine rings is 1. The van der Waals surface area contributed by atoms with Gasteiger partial charge in [0.2, 0.25) is 5.91 Å². The average Bonchev–Trinajstić information content (AvgIpc) is 3.09. The Balaban J connectivity index is 1.67. The molecule has 1 aromatic heterocycles. The fraction of sp³-hybridized carbons (Fsp3) is 0.227. The van der Waals surface area contributed by atoms with Crippen LogP contribution >= 0.6 is 0 Å². The van der Waals surface area contributed by atoms with Crippen LogP contribution in [0.3, 0.4) is 0 Å². The molecule has 0 radical (unpaired) electrons. The molecule has 4 rings (SSSR count). The van der Waals surface area contributed by atoms with Crippen molar-refractivity contribution in [1.82, 2.24) is 9.88 Å². The number of hydrogen-bond donors (Lipinski definition) is 3. The number of carboxylic acids is 1. The van der Waals surface area contributed by atoms with Crippen molar-refractivity contribution in [2.75, 3.05) is 5.32 Å². The van der Waals surface area contributed by atoms with E-state index in [1.807, 2.05) is 6.07 Å². The number of aliphatic hydroxyl groups is 1. The number of aliphatic carboxylic acids is 1. The molecule has 2 aliphatic heterocycles. The molecule has 2 aliphatic rings. The summed E-state index contributed by atoms with van der Waals surface area (Å²) in [4.78, 5) is 41.7. The fourth-order valence-corrected chi connectivity index (χ4v) is 4.15. The van der Waals surface area contributed by atoms with Crippen molar-refractivity contribution < 1.29 is 24.6 Å². The van der Waals surface area contributed by atoms with E-state index in [1.165, 1.54) is 36.4 Å². The molecule has 31 heavy (non-hydrogen) atoms. The molecule has 1 saturated heterocycles. The number of nitrogens with zero attached hydrogens (tertiary/aromatic N) is 3. The normalized spacial score (nSPS) is 20.5.